The number of hydrogen-bond donors (Lipinski definition) is 5. The molecule has 0 spiro atoms. The average molecular weight is 404 g/mol. The van der Waals surface area contributed by atoms with Crippen LogP contribution in [0.1, 0.15) is 11.1 Å². The third-order valence-electron chi connectivity index (χ3n) is 4.60. The predicted octanol–water partition coefficient (Wildman–Crippen LogP) is 0.750. The number of aliphatic hydroxyl groups is 4. The lowest BCUT2D eigenvalue weighted by atomic mass is 9.99. The van der Waals surface area contributed by atoms with Crippen LogP contribution < -0.4 is 9.47 Å². The monoisotopic (exact) mass is 404 g/mol. The van der Waals surface area contributed by atoms with Gasteiger partial charge in [-0.2, -0.15) is 0 Å². The second kappa shape index (κ2) is 9.25. The van der Waals surface area contributed by atoms with Crippen molar-refractivity contribution in [2.75, 3.05) is 13.7 Å². The Morgan fingerprint density at radius 1 is 0.897 bits per heavy atom. The Labute approximate surface area is 167 Å². The molecular weight excluding hydrogens is 380 g/mol. The zero-order valence-electron chi connectivity index (χ0n) is 15.8. The fraction of sp³-hybridized carbons (Fsp3) is 0.333. The van der Waals surface area contributed by atoms with E-state index in [-0.39, 0.29) is 11.5 Å². The second-order valence-corrected chi connectivity index (χ2v) is 6.68. The van der Waals surface area contributed by atoms with E-state index in [0.29, 0.717) is 5.56 Å². The first-order valence-electron chi connectivity index (χ1n) is 9.04. The number of methoxy groups -OCH3 is 1. The molecule has 0 amide bonds. The molecule has 1 saturated heterocycles. The molecule has 2 aromatic rings. The van der Waals surface area contributed by atoms with Gasteiger partial charge in [0.2, 0.25) is 6.29 Å². The molecule has 1 aliphatic rings. The first-order chi connectivity index (χ1) is 13.9. The van der Waals surface area contributed by atoms with Gasteiger partial charge in [-0.3, -0.25) is 0 Å². The number of hydrogen-bond acceptors (Lipinski definition) is 8. The highest BCUT2D eigenvalue weighted by Gasteiger charge is 2.44. The van der Waals surface area contributed by atoms with E-state index in [1.807, 2.05) is 30.3 Å². The minimum atomic E-state index is -1.54. The summed E-state index contributed by atoms with van der Waals surface area (Å²) in [7, 11) is 1.59. The Bertz CT molecular complexity index is 833. The van der Waals surface area contributed by atoms with Crippen molar-refractivity contribution < 1.29 is 39.7 Å². The first-order valence-corrected chi connectivity index (χ1v) is 9.04. The molecule has 5 atom stereocenters. The molecule has 0 aromatic heterocycles. The van der Waals surface area contributed by atoms with Gasteiger partial charge in [0, 0.05) is 6.07 Å². The quantitative estimate of drug-likeness (QED) is 0.446. The van der Waals surface area contributed by atoms with E-state index in [4.69, 9.17) is 14.2 Å². The van der Waals surface area contributed by atoms with Gasteiger partial charge in [0.25, 0.3) is 0 Å². The van der Waals surface area contributed by atoms with Crippen LogP contribution in [0, 0.1) is 0 Å². The maximum Gasteiger partial charge on any atom is 0.229 e. The predicted molar refractivity (Wildman–Crippen MR) is 104 cm³/mol. The highest BCUT2D eigenvalue weighted by atomic mass is 16.7. The summed E-state index contributed by atoms with van der Waals surface area (Å²) in [6.07, 6.45) is -3.35. The van der Waals surface area contributed by atoms with Crippen LogP contribution in [0.2, 0.25) is 0 Å². The molecule has 1 heterocycles. The molecular formula is C21H24O8. The van der Waals surface area contributed by atoms with Crippen molar-refractivity contribution in [3.8, 4) is 17.2 Å². The van der Waals surface area contributed by atoms with Gasteiger partial charge in [0.05, 0.1) is 13.7 Å². The molecule has 2 aromatic carbocycles. The lowest BCUT2D eigenvalue weighted by molar-refractivity contribution is -0.277. The molecule has 0 saturated carbocycles. The summed E-state index contributed by atoms with van der Waals surface area (Å²) in [4.78, 5) is 0. The number of ether oxygens (including phenoxy) is 3. The van der Waals surface area contributed by atoms with Gasteiger partial charge < -0.3 is 39.7 Å². The van der Waals surface area contributed by atoms with Gasteiger partial charge in [0.1, 0.15) is 41.7 Å². The summed E-state index contributed by atoms with van der Waals surface area (Å²) in [6.45, 7) is -0.555. The Morgan fingerprint density at radius 2 is 1.59 bits per heavy atom. The van der Waals surface area contributed by atoms with Crippen LogP contribution in [0.15, 0.2) is 42.5 Å². The fourth-order valence-corrected chi connectivity index (χ4v) is 2.98. The number of benzene rings is 2. The van der Waals surface area contributed by atoms with E-state index in [1.165, 1.54) is 12.1 Å². The summed E-state index contributed by atoms with van der Waals surface area (Å²) in [5.74, 6) is 0.861. The second-order valence-electron chi connectivity index (χ2n) is 6.68. The minimum Gasteiger partial charge on any atom is -0.508 e. The largest absolute Gasteiger partial charge is 0.508 e. The molecule has 8 heteroatoms. The van der Waals surface area contributed by atoms with E-state index < -0.39 is 37.3 Å². The topological polar surface area (TPSA) is 129 Å². The van der Waals surface area contributed by atoms with Gasteiger partial charge in [-0.25, -0.2) is 0 Å². The van der Waals surface area contributed by atoms with E-state index in [2.05, 4.69) is 0 Å². The van der Waals surface area contributed by atoms with Gasteiger partial charge in [-0.1, -0.05) is 24.3 Å². The maximum absolute atomic E-state index is 10.1. The molecule has 29 heavy (non-hydrogen) atoms. The smallest absolute Gasteiger partial charge is 0.229 e. The molecule has 0 bridgehead atoms. The van der Waals surface area contributed by atoms with Crippen molar-refractivity contribution in [2.24, 2.45) is 0 Å². The number of phenols is 1. The number of rotatable bonds is 6. The lowest BCUT2D eigenvalue weighted by Gasteiger charge is -2.39. The van der Waals surface area contributed by atoms with Crippen molar-refractivity contribution >= 4 is 12.2 Å². The van der Waals surface area contributed by atoms with Crippen molar-refractivity contribution in [1.29, 1.82) is 0 Å². The zero-order valence-corrected chi connectivity index (χ0v) is 15.8. The molecule has 5 N–H and O–H groups in total. The number of aromatic hydroxyl groups is 1. The van der Waals surface area contributed by atoms with E-state index in [1.54, 1.807) is 19.3 Å². The Kier molecular flexibility index (Phi) is 6.73. The van der Waals surface area contributed by atoms with Crippen molar-refractivity contribution in [3.05, 3.63) is 53.6 Å². The van der Waals surface area contributed by atoms with Crippen LogP contribution >= 0.6 is 0 Å². The summed E-state index contributed by atoms with van der Waals surface area (Å²) >= 11 is 0. The van der Waals surface area contributed by atoms with Crippen LogP contribution in [0.5, 0.6) is 17.2 Å². The molecule has 0 aliphatic carbocycles. The SMILES string of the molecule is COc1ccc(C=Cc2cc(O)cc(OC3O[C@H](CO)[C@@H](O)[C@H](O)[C@H]3O)c2)cc1. The summed E-state index contributed by atoms with van der Waals surface area (Å²) in [5.41, 5.74) is 1.55. The summed E-state index contributed by atoms with van der Waals surface area (Å²) in [5, 5.41) is 49.0. The van der Waals surface area contributed by atoms with E-state index in [9.17, 15) is 25.5 Å². The minimum absolute atomic E-state index is 0.0681. The number of aliphatic hydroxyl groups excluding tert-OH is 4. The van der Waals surface area contributed by atoms with Crippen molar-refractivity contribution in [1.82, 2.24) is 0 Å². The first kappa shape index (κ1) is 21.1. The normalized spacial score (nSPS) is 27.1. The van der Waals surface area contributed by atoms with Crippen molar-refractivity contribution in [2.45, 2.75) is 30.7 Å². The zero-order chi connectivity index (χ0) is 21.0. The van der Waals surface area contributed by atoms with E-state index in [0.717, 1.165) is 11.3 Å². The van der Waals surface area contributed by atoms with Crippen LogP contribution in [0.25, 0.3) is 12.2 Å². The molecule has 8 nitrogen and oxygen atoms in total. The molecule has 0 radical (unpaired) electrons. The average Bonchev–Trinajstić information content (AvgIpc) is 2.72. The van der Waals surface area contributed by atoms with Gasteiger partial charge in [-0.15, -0.1) is 0 Å². The van der Waals surface area contributed by atoms with Gasteiger partial charge >= 0.3 is 0 Å². The lowest BCUT2D eigenvalue weighted by Crippen LogP contribution is -2.60. The molecule has 156 valence electrons. The molecule has 3 rings (SSSR count). The van der Waals surface area contributed by atoms with Crippen LogP contribution in [-0.4, -0.2) is 70.0 Å². The van der Waals surface area contributed by atoms with Crippen LogP contribution in [0.3, 0.4) is 0 Å². The Hall–Kier alpha value is -2.62. The van der Waals surface area contributed by atoms with Crippen LogP contribution in [0.4, 0.5) is 0 Å². The molecule has 1 aliphatic heterocycles. The van der Waals surface area contributed by atoms with E-state index >= 15 is 0 Å². The van der Waals surface area contributed by atoms with Crippen molar-refractivity contribution in [3.63, 3.8) is 0 Å². The standard InChI is InChI=1S/C21H24O8/c1-27-15-6-4-12(5-7-15)2-3-13-8-14(23)10-16(9-13)28-21-20(26)19(25)18(24)17(11-22)29-21/h2-10,17-26H,11H2,1H3/t17-,18-,19+,20-,21?/m1/s1. The van der Waals surface area contributed by atoms with Gasteiger partial charge in [0.15, 0.2) is 0 Å². The Balaban J connectivity index is 1.75. The third-order valence-corrected chi connectivity index (χ3v) is 4.60. The van der Waals surface area contributed by atoms with Gasteiger partial charge in [-0.05, 0) is 35.4 Å². The summed E-state index contributed by atoms with van der Waals surface area (Å²) < 4.78 is 16.0. The fourth-order valence-electron chi connectivity index (χ4n) is 2.98. The summed E-state index contributed by atoms with van der Waals surface area (Å²) in [6, 6.07) is 11.9. The highest BCUT2D eigenvalue weighted by molar-refractivity contribution is 5.71. The number of phenolic OH excluding ortho intramolecular Hbond substituents is 1. The molecule has 1 fully saturated rings. The highest BCUT2D eigenvalue weighted by Crippen LogP contribution is 2.28. The Morgan fingerprint density at radius 3 is 2.24 bits per heavy atom. The van der Waals surface area contributed by atoms with Crippen LogP contribution in [-0.2, 0) is 4.74 Å². The molecule has 1 unspecified atom stereocenters. The maximum atomic E-state index is 10.1. The third kappa shape index (κ3) is 5.06.